The molecule has 3 heteroatoms. The van der Waals surface area contributed by atoms with Gasteiger partial charge in [-0.3, -0.25) is 4.79 Å². The van der Waals surface area contributed by atoms with Crippen LogP contribution in [-0.4, -0.2) is 24.0 Å². The molecule has 2 unspecified atom stereocenters. The van der Waals surface area contributed by atoms with Crippen LogP contribution in [0.2, 0.25) is 0 Å². The maximum absolute atomic E-state index is 12.2. The Morgan fingerprint density at radius 3 is 2.55 bits per heavy atom. The summed E-state index contributed by atoms with van der Waals surface area (Å²) in [4.78, 5) is 12.2. The number of hydrogen-bond donors (Lipinski definition) is 2. The van der Waals surface area contributed by atoms with Crippen LogP contribution in [0.15, 0.2) is 18.2 Å². The molecule has 2 fully saturated rings. The van der Waals surface area contributed by atoms with E-state index in [1.165, 1.54) is 24.0 Å². The van der Waals surface area contributed by atoms with Crippen LogP contribution < -0.4 is 10.6 Å². The molecule has 2 heterocycles. The normalized spacial score (nSPS) is 28.4. The predicted molar refractivity (Wildman–Crippen MR) is 80.7 cm³/mol. The molecule has 2 atom stereocenters. The Balaban J connectivity index is 1.55. The highest BCUT2D eigenvalue weighted by Gasteiger charge is 2.33. The molecule has 0 saturated carbocycles. The summed E-state index contributed by atoms with van der Waals surface area (Å²) in [6, 6.07) is 7.91. The number of fused-ring (bicyclic) bond motifs is 2. The quantitative estimate of drug-likeness (QED) is 0.886. The number of carbonyl (C=O) groups excluding carboxylic acids is 1. The summed E-state index contributed by atoms with van der Waals surface area (Å²) in [6.07, 6.45) is 5.23. The first kappa shape index (κ1) is 13.6. The number of rotatable bonds is 3. The highest BCUT2D eigenvalue weighted by atomic mass is 16.1. The van der Waals surface area contributed by atoms with Gasteiger partial charge >= 0.3 is 0 Å². The molecule has 108 valence electrons. The molecule has 2 aliphatic heterocycles. The molecule has 1 aromatic carbocycles. The average Bonchev–Trinajstić information content (AvgIpc) is 2.73. The zero-order chi connectivity index (χ0) is 14.1. The molecule has 0 spiro atoms. The van der Waals surface area contributed by atoms with Gasteiger partial charge in [-0.25, -0.2) is 0 Å². The van der Waals surface area contributed by atoms with Crippen LogP contribution in [0, 0.1) is 13.8 Å². The Labute approximate surface area is 121 Å². The second kappa shape index (κ2) is 5.57. The molecule has 0 radical (unpaired) electrons. The Morgan fingerprint density at radius 1 is 1.20 bits per heavy atom. The second-order valence-electron chi connectivity index (χ2n) is 6.47. The van der Waals surface area contributed by atoms with Crippen molar-refractivity contribution in [2.45, 2.75) is 64.1 Å². The molecule has 0 aromatic heterocycles. The van der Waals surface area contributed by atoms with Crippen LogP contribution >= 0.6 is 0 Å². The minimum absolute atomic E-state index is 0.166. The van der Waals surface area contributed by atoms with Crippen molar-refractivity contribution >= 4 is 5.91 Å². The molecule has 3 rings (SSSR count). The summed E-state index contributed by atoms with van der Waals surface area (Å²) < 4.78 is 0. The van der Waals surface area contributed by atoms with Crippen molar-refractivity contribution in [2.75, 3.05) is 0 Å². The largest absolute Gasteiger partial charge is 0.353 e. The van der Waals surface area contributed by atoms with Gasteiger partial charge in [0, 0.05) is 18.1 Å². The lowest BCUT2D eigenvalue weighted by Gasteiger charge is -2.29. The van der Waals surface area contributed by atoms with Gasteiger partial charge in [0.15, 0.2) is 0 Å². The van der Waals surface area contributed by atoms with Gasteiger partial charge < -0.3 is 10.6 Å². The van der Waals surface area contributed by atoms with Gasteiger partial charge in [0.25, 0.3) is 0 Å². The van der Waals surface area contributed by atoms with E-state index in [4.69, 9.17) is 0 Å². The molecule has 20 heavy (non-hydrogen) atoms. The lowest BCUT2D eigenvalue weighted by atomic mass is 9.99. The van der Waals surface area contributed by atoms with Crippen LogP contribution in [0.5, 0.6) is 0 Å². The van der Waals surface area contributed by atoms with Crippen molar-refractivity contribution in [1.29, 1.82) is 0 Å². The summed E-state index contributed by atoms with van der Waals surface area (Å²) in [5, 5.41) is 6.83. The fourth-order valence-corrected chi connectivity index (χ4v) is 3.55. The van der Waals surface area contributed by atoms with E-state index in [9.17, 15) is 4.79 Å². The van der Waals surface area contributed by atoms with E-state index >= 15 is 0 Å². The fourth-order valence-electron chi connectivity index (χ4n) is 3.55. The summed E-state index contributed by atoms with van der Waals surface area (Å²) in [5.41, 5.74) is 3.65. The zero-order valence-electron chi connectivity index (χ0n) is 12.4. The first-order valence-corrected chi connectivity index (χ1v) is 7.71. The van der Waals surface area contributed by atoms with E-state index < -0.39 is 0 Å². The lowest BCUT2D eigenvalue weighted by molar-refractivity contribution is -0.121. The van der Waals surface area contributed by atoms with Gasteiger partial charge in [-0.1, -0.05) is 18.2 Å². The maximum Gasteiger partial charge on any atom is 0.224 e. The lowest BCUT2D eigenvalue weighted by Crippen LogP contribution is -2.48. The Morgan fingerprint density at radius 2 is 1.90 bits per heavy atom. The minimum Gasteiger partial charge on any atom is -0.353 e. The van der Waals surface area contributed by atoms with Gasteiger partial charge in [0.05, 0.1) is 6.42 Å². The first-order valence-electron chi connectivity index (χ1n) is 7.71. The molecule has 2 N–H and O–H groups in total. The zero-order valence-corrected chi connectivity index (χ0v) is 12.4. The topological polar surface area (TPSA) is 41.1 Å². The number of benzene rings is 1. The maximum atomic E-state index is 12.2. The molecule has 0 aliphatic carbocycles. The van der Waals surface area contributed by atoms with Crippen molar-refractivity contribution < 1.29 is 4.79 Å². The molecule has 2 bridgehead atoms. The predicted octanol–water partition coefficient (Wildman–Crippen LogP) is 2.25. The Hall–Kier alpha value is -1.35. The Kier molecular flexibility index (Phi) is 3.79. The molecular weight excluding hydrogens is 248 g/mol. The third-order valence-electron chi connectivity index (χ3n) is 4.77. The van der Waals surface area contributed by atoms with Crippen molar-refractivity contribution in [3.63, 3.8) is 0 Å². The van der Waals surface area contributed by atoms with Crippen molar-refractivity contribution in [2.24, 2.45) is 0 Å². The number of amides is 1. The summed E-state index contributed by atoms with van der Waals surface area (Å²) >= 11 is 0. The van der Waals surface area contributed by atoms with E-state index in [1.54, 1.807) is 0 Å². The van der Waals surface area contributed by atoms with Crippen LogP contribution in [0.25, 0.3) is 0 Å². The molecular formula is C17H24N2O. The number of carbonyl (C=O) groups is 1. The molecule has 1 amide bonds. The molecule has 1 aromatic rings. The monoisotopic (exact) mass is 272 g/mol. The summed E-state index contributed by atoms with van der Waals surface area (Å²) in [5.74, 6) is 0.166. The number of aryl methyl sites for hydroxylation is 2. The number of hydrogen-bond acceptors (Lipinski definition) is 2. The molecule has 2 aliphatic rings. The van der Waals surface area contributed by atoms with E-state index in [0.717, 1.165) is 18.4 Å². The number of nitrogens with one attached hydrogen (secondary N) is 2. The van der Waals surface area contributed by atoms with Gasteiger partial charge in [0.2, 0.25) is 5.91 Å². The van der Waals surface area contributed by atoms with Crippen molar-refractivity contribution in [3.05, 3.63) is 34.9 Å². The van der Waals surface area contributed by atoms with Crippen LogP contribution in [-0.2, 0) is 11.2 Å². The highest BCUT2D eigenvalue weighted by molar-refractivity contribution is 5.79. The van der Waals surface area contributed by atoms with Gasteiger partial charge in [-0.05, 0) is 56.2 Å². The third kappa shape index (κ3) is 3.04. The van der Waals surface area contributed by atoms with E-state index in [-0.39, 0.29) is 5.91 Å². The SMILES string of the molecule is Cc1ccc(CC(=O)NC2CC3CCC(C2)N3)cc1C. The van der Waals surface area contributed by atoms with Crippen molar-refractivity contribution in [3.8, 4) is 0 Å². The summed E-state index contributed by atoms with van der Waals surface area (Å²) in [7, 11) is 0. The standard InChI is InChI=1S/C17H24N2O/c1-11-3-4-13(7-12(11)2)8-17(20)19-16-9-14-5-6-15(10-16)18-14/h3-4,7,14-16,18H,5-6,8-10H2,1-2H3,(H,19,20). The smallest absolute Gasteiger partial charge is 0.224 e. The van der Waals surface area contributed by atoms with Crippen LogP contribution in [0.4, 0.5) is 0 Å². The second-order valence-corrected chi connectivity index (χ2v) is 6.47. The Bertz CT molecular complexity index is 500. The van der Waals surface area contributed by atoms with E-state index in [0.29, 0.717) is 24.5 Å². The molecule has 3 nitrogen and oxygen atoms in total. The van der Waals surface area contributed by atoms with Gasteiger partial charge in [-0.2, -0.15) is 0 Å². The fraction of sp³-hybridized carbons (Fsp3) is 0.588. The van der Waals surface area contributed by atoms with E-state index in [1.807, 2.05) is 0 Å². The van der Waals surface area contributed by atoms with Crippen molar-refractivity contribution in [1.82, 2.24) is 10.6 Å². The third-order valence-corrected chi connectivity index (χ3v) is 4.77. The van der Waals surface area contributed by atoms with Gasteiger partial charge in [-0.15, -0.1) is 0 Å². The van der Waals surface area contributed by atoms with Gasteiger partial charge in [0.1, 0.15) is 0 Å². The van der Waals surface area contributed by atoms with E-state index in [2.05, 4.69) is 42.7 Å². The molecule has 2 saturated heterocycles. The first-order chi connectivity index (χ1) is 9.60. The van der Waals surface area contributed by atoms with Crippen LogP contribution in [0.1, 0.15) is 42.4 Å². The summed E-state index contributed by atoms with van der Waals surface area (Å²) in [6.45, 7) is 4.20. The average molecular weight is 272 g/mol. The van der Waals surface area contributed by atoms with Crippen LogP contribution in [0.3, 0.4) is 0 Å². The minimum atomic E-state index is 0.166. The number of piperidine rings is 1. The highest BCUT2D eigenvalue weighted by Crippen LogP contribution is 2.26.